The van der Waals surface area contributed by atoms with E-state index < -0.39 is 0 Å². The van der Waals surface area contributed by atoms with E-state index in [2.05, 4.69) is 21.2 Å². The molecule has 82 valence electrons. The van der Waals surface area contributed by atoms with Gasteiger partial charge in [0.05, 0.1) is 15.2 Å². The van der Waals surface area contributed by atoms with Crippen LogP contribution in [-0.4, -0.2) is 5.91 Å². The van der Waals surface area contributed by atoms with Crippen LogP contribution in [-0.2, 0) is 4.79 Å². The van der Waals surface area contributed by atoms with Crippen molar-refractivity contribution in [3.63, 3.8) is 0 Å². The van der Waals surface area contributed by atoms with Gasteiger partial charge in [-0.3, -0.25) is 4.79 Å². The highest BCUT2D eigenvalue weighted by Gasteiger charge is 2.08. The number of nitrogens with one attached hydrogen (secondary N) is 1. The van der Waals surface area contributed by atoms with E-state index in [0.717, 1.165) is 4.47 Å². The molecule has 0 unspecified atom stereocenters. The smallest absolute Gasteiger partial charge is 0.224 e. The Balaban J connectivity index is 2.73. The van der Waals surface area contributed by atoms with Gasteiger partial charge in [-0.2, -0.15) is 0 Å². The van der Waals surface area contributed by atoms with Gasteiger partial charge in [-0.15, -0.1) is 0 Å². The molecule has 0 bridgehead atoms. The van der Waals surface area contributed by atoms with E-state index in [1.807, 2.05) is 19.9 Å². The van der Waals surface area contributed by atoms with Crippen molar-refractivity contribution < 1.29 is 4.79 Å². The van der Waals surface area contributed by atoms with Crippen LogP contribution in [0.25, 0.3) is 0 Å². The third-order valence-electron chi connectivity index (χ3n) is 1.82. The molecule has 1 aromatic carbocycles. The summed E-state index contributed by atoms with van der Waals surface area (Å²) in [5, 5.41) is 3.41. The van der Waals surface area contributed by atoms with Gasteiger partial charge in [0.2, 0.25) is 5.91 Å². The van der Waals surface area contributed by atoms with Crippen LogP contribution in [0.15, 0.2) is 22.7 Å². The molecule has 0 aliphatic heterocycles. The number of carbonyl (C=O) groups excluding carboxylic acids is 1. The molecule has 1 amide bonds. The molecule has 0 radical (unpaired) electrons. The van der Waals surface area contributed by atoms with E-state index in [4.69, 9.17) is 11.6 Å². The zero-order valence-corrected chi connectivity index (χ0v) is 11.0. The van der Waals surface area contributed by atoms with Crippen LogP contribution in [0, 0.1) is 5.92 Å². The van der Waals surface area contributed by atoms with Gasteiger partial charge in [-0.05, 0) is 34.0 Å². The van der Waals surface area contributed by atoms with Crippen molar-refractivity contribution in [1.82, 2.24) is 0 Å². The molecule has 1 N–H and O–H groups in total. The molecule has 0 saturated carbocycles. The maximum Gasteiger partial charge on any atom is 0.224 e. The minimum atomic E-state index is 0.00738. The monoisotopic (exact) mass is 289 g/mol. The van der Waals surface area contributed by atoms with Crippen LogP contribution in [0.2, 0.25) is 5.02 Å². The lowest BCUT2D eigenvalue weighted by Gasteiger charge is -2.09. The van der Waals surface area contributed by atoms with Crippen LogP contribution in [0.1, 0.15) is 20.3 Å². The van der Waals surface area contributed by atoms with Crippen molar-refractivity contribution in [1.29, 1.82) is 0 Å². The molecule has 1 aromatic rings. The summed E-state index contributed by atoms with van der Waals surface area (Å²) in [6.07, 6.45) is 0.513. The first-order chi connectivity index (χ1) is 7.00. The molecule has 0 atom stereocenters. The lowest BCUT2D eigenvalue weighted by molar-refractivity contribution is -0.116. The van der Waals surface area contributed by atoms with Gasteiger partial charge >= 0.3 is 0 Å². The van der Waals surface area contributed by atoms with E-state index in [0.29, 0.717) is 23.0 Å². The minimum absolute atomic E-state index is 0.00738. The highest BCUT2D eigenvalue weighted by Crippen LogP contribution is 2.30. The minimum Gasteiger partial charge on any atom is -0.325 e. The molecular weight excluding hydrogens is 277 g/mol. The second kappa shape index (κ2) is 5.52. The van der Waals surface area contributed by atoms with Crippen LogP contribution < -0.4 is 5.32 Å². The van der Waals surface area contributed by atoms with E-state index in [-0.39, 0.29) is 5.91 Å². The maximum atomic E-state index is 11.5. The quantitative estimate of drug-likeness (QED) is 0.892. The molecular formula is C11H13BrClNO. The van der Waals surface area contributed by atoms with Crippen molar-refractivity contribution in [3.05, 3.63) is 27.7 Å². The molecule has 0 aliphatic carbocycles. The lowest BCUT2D eigenvalue weighted by Crippen LogP contribution is -2.14. The molecule has 2 nitrogen and oxygen atoms in total. The first kappa shape index (κ1) is 12.5. The van der Waals surface area contributed by atoms with Gasteiger partial charge < -0.3 is 5.32 Å². The molecule has 0 saturated heterocycles. The third-order valence-corrected chi connectivity index (χ3v) is 3.22. The number of carbonyl (C=O) groups is 1. The second-order valence-corrected chi connectivity index (χ2v) is 4.95. The van der Waals surface area contributed by atoms with Crippen LogP contribution in [0.5, 0.6) is 0 Å². The fourth-order valence-corrected chi connectivity index (χ4v) is 1.71. The Morgan fingerprint density at radius 3 is 2.80 bits per heavy atom. The summed E-state index contributed by atoms with van der Waals surface area (Å²) < 4.78 is 0.726. The molecule has 15 heavy (non-hydrogen) atoms. The lowest BCUT2D eigenvalue weighted by atomic mass is 10.1. The van der Waals surface area contributed by atoms with Gasteiger partial charge in [0.15, 0.2) is 0 Å². The van der Waals surface area contributed by atoms with Crippen molar-refractivity contribution in [2.45, 2.75) is 20.3 Å². The molecule has 1 rings (SSSR count). The van der Waals surface area contributed by atoms with E-state index in [1.54, 1.807) is 12.1 Å². The summed E-state index contributed by atoms with van der Waals surface area (Å²) in [4.78, 5) is 11.5. The standard InChI is InChI=1S/C11H13BrClNO/c1-7(2)6-10(15)14-9-5-3-4-8(13)11(9)12/h3-5,7H,6H2,1-2H3,(H,14,15). The summed E-state index contributed by atoms with van der Waals surface area (Å²) in [7, 11) is 0. The Hall–Kier alpha value is -0.540. The first-order valence-corrected chi connectivity index (χ1v) is 5.91. The predicted molar refractivity (Wildman–Crippen MR) is 67.2 cm³/mol. The van der Waals surface area contributed by atoms with E-state index in [9.17, 15) is 4.79 Å². The Morgan fingerprint density at radius 2 is 2.20 bits per heavy atom. The normalized spacial score (nSPS) is 10.5. The number of halogens is 2. The topological polar surface area (TPSA) is 29.1 Å². The predicted octanol–water partition coefficient (Wildman–Crippen LogP) is 4.09. The van der Waals surface area contributed by atoms with Gasteiger partial charge in [0.1, 0.15) is 0 Å². The van der Waals surface area contributed by atoms with Gasteiger partial charge in [-0.25, -0.2) is 0 Å². The van der Waals surface area contributed by atoms with Crippen molar-refractivity contribution >= 4 is 39.1 Å². The largest absolute Gasteiger partial charge is 0.325 e. The zero-order chi connectivity index (χ0) is 11.4. The van der Waals surface area contributed by atoms with Gasteiger partial charge in [0.25, 0.3) is 0 Å². The Labute approximate surface area is 103 Å². The number of anilines is 1. The third kappa shape index (κ3) is 3.84. The molecule has 0 spiro atoms. The summed E-state index contributed by atoms with van der Waals surface area (Å²) in [6, 6.07) is 5.38. The van der Waals surface area contributed by atoms with Crippen molar-refractivity contribution in [2.24, 2.45) is 5.92 Å². The number of hydrogen-bond acceptors (Lipinski definition) is 1. The summed E-state index contributed by atoms with van der Waals surface area (Å²) in [5.74, 6) is 0.357. The average Bonchev–Trinajstić information content (AvgIpc) is 2.11. The number of benzene rings is 1. The molecule has 0 aliphatic rings. The summed E-state index contributed by atoms with van der Waals surface area (Å²) in [6.45, 7) is 4.01. The molecule has 4 heteroatoms. The van der Waals surface area contributed by atoms with Crippen LogP contribution >= 0.6 is 27.5 Å². The number of rotatable bonds is 3. The highest BCUT2D eigenvalue weighted by molar-refractivity contribution is 9.10. The maximum absolute atomic E-state index is 11.5. The van der Waals surface area contributed by atoms with Gasteiger partial charge in [-0.1, -0.05) is 31.5 Å². The van der Waals surface area contributed by atoms with E-state index >= 15 is 0 Å². The van der Waals surface area contributed by atoms with Gasteiger partial charge in [0, 0.05) is 6.42 Å². The fourth-order valence-electron chi connectivity index (χ4n) is 1.17. The highest BCUT2D eigenvalue weighted by atomic mass is 79.9. The molecule has 0 aromatic heterocycles. The molecule has 0 fully saturated rings. The van der Waals surface area contributed by atoms with Crippen LogP contribution in [0.4, 0.5) is 5.69 Å². The number of hydrogen-bond donors (Lipinski definition) is 1. The molecule has 0 heterocycles. The Bertz CT molecular complexity index is 366. The zero-order valence-electron chi connectivity index (χ0n) is 8.68. The van der Waals surface area contributed by atoms with Crippen molar-refractivity contribution in [2.75, 3.05) is 5.32 Å². The summed E-state index contributed by atoms with van der Waals surface area (Å²) >= 11 is 9.23. The van der Waals surface area contributed by atoms with Crippen LogP contribution in [0.3, 0.4) is 0 Å². The second-order valence-electron chi connectivity index (χ2n) is 3.75. The average molecular weight is 291 g/mol. The summed E-state index contributed by atoms with van der Waals surface area (Å²) in [5.41, 5.74) is 0.716. The fraction of sp³-hybridized carbons (Fsp3) is 0.364. The SMILES string of the molecule is CC(C)CC(=O)Nc1cccc(Cl)c1Br. The first-order valence-electron chi connectivity index (χ1n) is 4.74. The Morgan fingerprint density at radius 1 is 1.53 bits per heavy atom. The van der Waals surface area contributed by atoms with E-state index in [1.165, 1.54) is 0 Å². The Kier molecular flexibility index (Phi) is 4.61. The van der Waals surface area contributed by atoms with Crippen molar-refractivity contribution in [3.8, 4) is 0 Å². The number of amides is 1.